The molecular formula is C23H22O3S2. The number of hydrogen-bond acceptors (Lipinski definition) is 5. The Morgan fingerprint density at radius 2 is 1.86 bits per heavy atom. The molecule has 0 saturated heterocycles. The van der Waals surface area contributed by atoms with Gasteiger partial charge in [-0.2, -0.15) is 0 Å². The highest BCUT2D eigenvalue weighted by Gasteiger charge is 2.53. The van der Waals surface area contributed by atoms with Gasteiger partial charge in [-0.05, 0) is 47.9 Å². The molecule has 144 valence electrons. The molecule has 1 aliphatic heterocycles. The molecule has 1 unspecified atom stereocenters. The van der Waals surface area contributed by atoms with Crippen LogP contribution in [-0.2, 0) is 4.79 Å². The molecule has 0 N–H and O–H groups in total. The Balaban J connectivity index is 1.78. The standard InChI is InChI=1S/C23H22O3S2/c1-25-15-13-16(18-7-5-11-27-18)21-17(14-15)20(19-8-6-12-28-19)23(22(24)26-21)9-3-2-4-10-23/h5-8,11-14,20H,2-4,9-10H2,1H3. The molecular weight excluding hydrogens is 388 g/mol. The molecule has 3 nitrogen and oxygen atoms in total. The third-order valence-electron chi connectivity index (χ3n) is 6.15. The van der Waals surface area contributed by atoms with Crippen LogP contribution in [-0.4, -0.2) is 13.1 Å². The van der Waals surface area contributed by atoms with Crippen LogP contribution in [0.2, 0.25) is 0 Å². The Morgan fingerprint density at radius 1 is 1.07 bits per heavy atom. The zero-order valence-electron chi connectivity index (χ0n) is 15.8. The predicted octanol–water partition coefficient (Wildman–Crippen LogP) is 6.49. The summed E-state index contributed by atoms with van der Waals surface area (Å²) in [7, 11) is 1.70. The Bertz CT molecular complexity index is 983. The molecule has 1 aromatic carbocycles. The lowest BCUT2D eigenvalue weighted by atomic mass is 9.62. The number of carbonyl (C=O) groups is 1. The van der Waals surface area contributed by atoms with Crippen molar-refractivity contribution in [2.75, 3.05) is 7.11 Å². The van der Waals surface area contributed by atoms with Gasteiger partial charge in [-0.15, -0.1) is 22.7 Å². The fraction of sp³-hybridized carbons (Fsp3) is 0.348. The maximum absolute atomic E-state index is 13.5. The Kier molecular flexibility index (Phi) is 4.52. The zero-order chi connectivity index (χ0) is 19.1. The van der Waals surface area contributed by atoms with Crippen molar-refractivity contribution in [3.63, 3.8) is 0 Å². The average molecular weight is 411 g/mol. The van der Waals surface area contributed by atoms with Crippen molar-refractivity contribution in [2.45, 2.75) is 38.0 Å². The van der Waals surface area contributed by atoms with E-state index in [1.807, 2.05) is 17.5 Å². The number of thiophene rings is 2. The van der Waals surface area contributed by atoms with E-state index in [0.29, 0.717) is 5.75 Å². The zero-order valence-corrected chi connectivity index (χ0v) is 17.4. The number of benzene rings is 1. The summed E-state index contributed by atoms with van der Waals surface area (Å²) in [6, 6.07) is 12.4. The first-order chi connectivity index (χ1) is 13.7. The van der Waals surface area contributed by atoms with Gasteiger partial charge in [0.15, 0.2) is 0 Å². The second kappa shape index (κ2) is 7.05. The molecule has 3 aromatic rings. The van der Waals surface area contributed by atoms with E-state index < -0.39 is 5.41 Å². The van der Waals surface area contributed by atoms with Crippen LogP contribution >= 0.6 is 22.7 Å². The van der Waals surface area contributed by atoms with Crippen LogP contribution in [0.3, 0.4) is 0 Å². The highest BCUT2D eigenvalue weighted by atomic mass is 32.1. The summed E-state index contributed by atoms with van der Waals surface area (Å²) in [5, 5.41) is 4.15. The van der Waals surface area contributed by atoms with Gasteiger partial charge in [-0.25, -0.2) is 0 Å². The van der Waals surface area contributed by atoms with Gasteiger partial charge in [0, 0.05) is 26.8 Å². The van der Waals surface area contributed by atoms with Crippen molar-refractivity contribution in [2.24, 2.45) is 5.41 Å². The molecule has 2 aromatic heterocycles. The molecule has 28 heavy (non-hydrogen) atoms. The van der Waals surface area contributed by atoms with Gasteiger partial charge in [0.05, 0.1) is 12.5 Å². The van der Waals surface area contributed by atoms with Gasteiger partial charge in [0.2, 0.25) is 0 Å². The topological polar surface area (TPSA) is 35.5 Å². The largest absolute Gasteiger partial charge is 0.497 e. The summed E-state index contributed by atoms with van der Waals surface area (Å²) in [5.41, 5.74) is 1.58. The van der Waals surface area contributed by atoms with Crippen molar-refractivity contribution in [3.8, 4) is 21.9 Å². The Labute approximate surface area is 172 Å². The molecule has 1 saturated carbocycles. The number of ether oxygens (including phenoxy) is 2. The van der Waals surface area contributed by atoms with Crippen LogP contribution in [0.4, 0.5) is 0 Å². The molecule has 3 heterocycles. The molecule has 1 atom stereocenters. The average Bonchev–Trinajstić information content (AvgIpc) is 3.43. The Morgan fingerprint density at radius 3 is 2.54 bits per heavy atom. The molecule has 1 aliphatic carbocycles. The van der Waals surface area contributed by atoms with Crippen LogP contribution < -0.4 is 9.47 Å². The van der Waals surface area contributed by atoms with Crippen LogP contribution in [0.1, 0.15) is 48.5 Å². The van der Waals surface area contributed by atoms with Gasteiger partial charge in [-0.1, -0.05) is 31.4 Å². The number of carbonyl (C=O) groups excluding carboxylic acids is 1. The minimum absolute atomic E-state index is 0.0258. The SMILES string of the molecule is COc1cc(-c2cccs2)c2c(c1)C(c1cccs1)C1(CCCCC1)C(=O)O2. The van der Waals surface area contributed by atoms with E-state index in [2.05, 4.69) is 29.6 Å². The fourth-order valence-corrected chi connectivity index (χ4v) is 6.55. The van der Waals surface area contributed by atoms with Crippen LogP contribution in [0.15, 0.2) is 47.2 Å². The van der Waals surface area contributed by atoms with Crippen molar-refractivity contribution < 1.29 is 14.3 Å². The minimum atomic E-state index is -0.463. The van der Waals surface area contributed by atoms with Gasteiger partial charge in [-0.3, -0.25) is 4.79 Å². The second-order valence-electron chi connectivity index (χ2n) is 7.63. The lowest BCUT2D eigenvalue weighted by Gasteiger charge is -2.45. The highest BCUT2D eigenvalue weighted by molar-refractivity contribution is 7.13. The summed E-state index contributed by atoms with van der Waals surface area (Å²) in [4.78, 5) is 15.8. The maximum Gasteiger partial charge on any atom is 0.318 e. The number of esters is 1. The molecule has 5 heteroatoms. The molecule has 2 aliphatic rings. The van der Waals surface area contributed by atoms with E-state index in [9.17, 15) is 4.79 Å². The molecule has 0 radical (unpaired) electrons. The van der Waals surface area contributed by atoms with Gasteiger partial charge in [0.1, 0.15) is 11.5 Å². The van der Waals surface area contributed by atoms with E-state index >= 15 is 0 Å². The second-order valence-corrected chi connectivity index (χ2v) is 9.55. The monoisotopic (exact) mass is 410 g/mol. The van der Waals surface area contributed by atoms with E-state index in [4.69, 9.17) is 9.47 Å². The first kappa shape index (κ1) is 18.0. The molecule has 0 amide bonds. The number of rotatable bonds is 3. The van der Waals surface area contributed by atoms with Crippen molar-refractivity contribution in [1.82, 2.24) is 0 Å². The third kappa shape index (κ3) is 2.72. The summed E-state index contributed by atoms with van der Waals surface area (Å²) < 4.78 is 11.8. The van der Waals surface area contributed by atoms with Crippen molar-refractivity contribution in [1.29, 1.82) is 0 Å². The van der Waals surface area contributed by atoms with E-state index in [1.165, 1.54) is 11.3 Å². The summed E-state index contributed by atoms with van der Waals surface area (Å²) >= 11 is 3.38. The van der Waals surface area contributed by atoms with Crippen LogP contribution in [0.5, 0.6) is 11.5 Å². The number of hydrogen-bond donors (Lipinski definition) is 0. The Hall–Kier alpha value is -2.11. The summed E-state index contributed by atoms with van der Waals surface area (Å²) in [6.07, 6.45) is 5.12. The van der Waals surface area contributed by atoms with Gasteiger partial charge >= 0.3 is 5.97 Å². The number of methoxy groups -OCH3 is 1. The van der Waals surface area contributed by atoms with E-state index in [0.717, 1.165) is 47.4 Å². The van der Waals surface area contributed by atoms with Gasteiger partial charge < -0.3 is 9.47 Å². The molecule has 5 rings (SSSR count). The lowest BCUT2D eigenvalue weighted by Crippen LogP contribution is -2.45. The van der Waals surface area contributed by atoms with E-state index in [-0.39, 0.29) is 11.9 Å². The van der Waals surface area contributed by atoms with Crippen molar-refractivity contribution in [3.05, 3.63) is 57.6 Å². The van der Waals surface area contributed by atoms with Crippen LogP contribution in [0.25, 0.3) is 10.4 Å². The quantitative estimate of drug-likeness (QED) is 0.366. The van der Waals surface area contributed by atoms with Crippen molar-refractivity contribution >= 4 is 28.6 Å². The molecule has 1 spiro atoms. The van der Waals surface area contributed by atoms with E-state index in [1.54, 1.807) is 29.8 Å². The normalized spacial score (nSPS) is 20.6. The smallest absolute Gasteiger partial charge is 0.318 e. The van der Waals surface area contributed by atoms with Crippen LogP contribution in [0, 0.1) is 5.41 Å². The molecule has 1 fully saturated rings. The lowest BCUT2D eigenvalue weighted by molar-refractivity contribution is -0.151. The minimum Gasteiger partial charge on any atom is -0.497 e. The van der Waals surface area contributed by atoms with Gasteiger partial charge in [0.25, 0.3) is 0 Å². The highest BCUT2D eigenvalue weighted by Crippen LogP contribution is 2.59. The third-order valence-corrected chi connectivity index (χ3v) is 7.99. The predicted molar refractivity (Wildman–Crippen MR) is 114 cm³/mol. The summed E-state index contributed by atoms with van der Waals surface area (Å²) in [6.45, 7) is 0. The fourth-order valence-electron chi connectivity index (χ4n) is 4.85. The first-order valence-electron chi connectivity index (χ1n) is 9.74. The summed E-state index contributed by atoms with van der Waals surface area (Å²) in [5.74, 6) is 1.49. The number of fused-ring (bicyclic) bond motifs is 1. The first-order valence-corrected chi connectivity index (χ1v) is 11.5. The molecule has 0 bridgehead atoms. The maximum atomic E-state index is 13.5.